The van der Waals surface area contributed by atoms with Gasteiger partial charge < -0.3 is 14.8 Å². The Balaban J connectivity index is 2.09. The minimum atomic E-state index is -1.22. The first kappa shape index (κ1) is 19.1. The number of anilines is 1. The quantitative estimate of drug-likeness (QED) is 0.465. The van der Waals surface area contributed by atoms with Crippen LogP contribution < -0.4 is 10.1 Å². The first-order valence-electron chi connectivity index (χ1n) is 7.27. The molecule has 136 valence electrons. The Bertz CT molecular complexity index is 858. The summed E-state index contributed by atoms with van der Waals surface area (Å²) >= 11 is 5.77. The third kappa shape index (κ3) is 4.67. The highest BCUT2D eigenvalue weighted by molar-refractivity contribution is 6.30. The molecule has 0 saturated carbocycles. The fraction of sp³-hybridized carbons (Fsp3) is 0.188. The van der Waals surface area contributed by atoms with E-state index in [-0.39, 0.29) is 27.8 Å². The normalized spacial score (nSPS) is 11.3. The fourth-order valence-electron chi connectivity index (χ4n) is 1.92. The van der Waals surface area contributed by atoms with Crippen LogP contribution >= 0.6 is 11.6 Å². The smallest absolute Gasteiger partial charge is 0.357 e. The first-order chi connectivity index (χ1) is 12.3. The van der Waals surface area contributed by atoms with Gasteiger partial charge >= 0.3 is 5.97 Å². The van der Waals surface area contributed by atoms with Crippen molar-refractivity contribution < 1.29 is 24.0 Å². The zero-order valence-electron chi connectivity index (χ0n) is 13.8. The second-order valence-electron chi connectivity index (χ2n) is 5.04. The summed E-state index contributed by atoms with van der Waals surface area (Å²) in [5, 5.41) is 13.8. The van der Waals surface area contributed by atoms with E-state index in [0.717, 1.165) is 0 Å². The number of nitrogens with zero attached hydrogens (tertiary/aromatic N) is 2. The average Bonchev–Trinajstić information content (AvgIpc) is 2.61. The van der Waals surface area contributed by atoms with E-state index in [1.54, 1.807) is 0 Å². The summed E-state index contributed by atoms with van der Waals surface area (Å²) in [4.78, 5) is 38.4. The van der Waals surface area contributed by atoms with Gasteiger partial charge in [-0.3, -0.25) is 14.9 Å². The number of carbonyl (C=O) groups is 2. The van der Waals surface area contributed by atoms with Gasteiger partial charge in [0.2, 0.25) is 0 Å². The van der Waals surface area contributed by atoms with Crippen molar-refractivity contribution in [2.75, 3.05) is 12.4 Å². The number of esters is 1. The van der Waals surface area contributed by atoms with Crippen LogP contribution in [0.5, 0.6) is 5.75 Å². The standard InChI is InChI=1S/C16H14ClN3O6/c1-9(26-16(22)13-7-10(17)5-6-18-13)15(21)19-12-4-3-11(25-2)8-14(12)20(23)24/h3-9H,1-2H3,(H,19,21)/t9-/m1/s1. The van der Waals surface area contributed by atoms with Crippen molar-refractivity contribution in [1.29, 1.82) is 0 Å². The number of amides is 1. The number of hydrogen-bond donors (Lipinski definition) is 1. The predicted molar refractivity (Wildman–Crippen MR) is 92.4 cm³/mol. The van der Waals surface area contributed by atoms with Crippen molar-refractivity contribution in [2.45, 2.75) is 13.0 Å². The maximum atomic E-state index is 12.2. The predicted octanol–water partition coefficient (Wildman–Crippen LogP) is 2.84. The summed E-state index contributed by atoms with van der Waals surface area (Å²) in [6.07, 6.45) is 0.106. The molecule has 1 N–H and O–H groups in total. The summed E-state index contributed by atoms with van der Waals surface area (Å²) in [5.74, 6) is -1.32. The van der Waals surface area contributed by atoms with E-state index in [1.807, 2.05) is 0 Å². The average molecular weight is 380 g/mol. The van der Waals surface area contributed by atoms with Crippen LogP contribution in [0.25, 0.3) is 0 Å². The van der Waals surface area contributed by atoms with Crippen LogP contribution in [0.2, 0.25) is 5.02 Å². The van der Waals surface area contributed by atoms with Crippen molar-refractivity contribution in [3.05, 3.63) is 57.4 Å². The summed E-state index contributed by atoms with van der Waals surface area (Å²) < 4.78 is 9.92. The number of nitro benzene ring substituents is 1. The monoisotopic (exact) mass is 379 g/mol. The molecule has 10 heteroatoms. The lowest BCUT2D eigenvalue weighted by atomic mass is 10.2. The molecular weight excluding hydrogens is 366 g/mol. The van der Waals surface area contributed by atoms with Gasteiger partial charge in [-0.1, -0.05) is 11.6 Å². The largest absolute Gasteiger partial charge is 0.496 e. The molecule has 2 aromatic rings. The van der Waals surface area contributed by atoms with Gasteiger partial charge in [0.25, 0.3) is 11.6 Å². The number of ether oxygens (including phenoxy) is 2. The number of pyridine rings is 1. The Morgan fingerprint density at radius 2 is 2.04 bits per heavy atom. The van der Waals surface area contributed by atoms with Gasteiger partial charge in [0.1, 0.15) is 17.1 Å². The van der Waals surface area contributed by atoms with E-state index in [1.165, 1.54) is 50.6 Å². The van der Waals surface area contributed by atoms with Crippen molar-refractivity contribution in [3.63, 3.8) is 0 Å². The Hall–Kier alpha value is -3.20. The number of hydrogen-bond acceptors (Lipinski definition) is 7. The Morgan fingerprint density at radius 1 is 1.31 bits per heavy atom. The molecule has 0 radical (unpaired) electrons. The molecule has 26 heavy (non-hydrogen) atoms. The molecule has 2 rings (SSSR count). The third-order valence-electron chi connectivity index (χ3n) is 3.24. The van der Waals surface area contributed by atoms with Gasteiger partial charge in [-0.25, -0.2) is 9.78 Å². The van der Waals surface area contributed by atoms with E-state index in [4.69, 9.17) is 21.1 Å². The van der Waals surface area contributed by atoms with Crippen molar-refractivity contribution in [2.24, 2.45) is 0 Å². The van der Waals surface area contributed by atoms with Gasteiger partial charge in [-0.15, -0.1) is 0 Å². The number of halogens is 1. The van der Waals surface area contributed by atoms with Crippen LogP contribution in [0.4, 0.5) is 11.4 Å². The molecule has 0 aliphatic rings. The zero-order valence-corrected chi connectivity index (χ0v) is 14.5. The highest BCUT2D eigenvalue weighted by Crippen LogP contribution is 2.29. The van der Waals surface area contributed by atoms with Gasteiger partial charge in [-0.05, 0) is 31.2 Å². The minimum Gasteiger partial charge on any atom is -0.496 e. The Morgan fingerprint density at radius 3 is 2.65 bits per heavy atom. The van der Waals surface area contributed by atoms with Crippen LogP contribution in [0, 0.1) is 10.1 Å². The van der Waals surface area contributed by atoms with Crippen LogP contribution in [0.1, 0.15) is 17.4 Å². The number of rotatable bonds is 6. The van der Waals surface area contributed by atoms with Crippen LogP contribution in [0.3, 0.4) is 0 Å². The molecule has 1 heterocycles. The summed E-state index contributed by atoms with van der Waals surface area (Å²) in [7, 11) is 1.36. The maximum absolute atomic E-state index is 12.2. The molecule has 0 aliphatic carbocycles. The molecule has 0 spiro atoms. The number of nitro groups is 1. The highest BCUT2D eigenvalue weighted by Gasteiger charge is 2.23. The minimum absolute atomic E-state index is 0.0513. The van der Waals surface area contributed by atoms with E-state index in [0.29, 0.717) is 0 Å². The summed E-state index contributed by atoms with van der Waals surface area (Å²) in [5.41, 5.74) is -0.468. The SMILES string of the molecule is COc1ccc(NC(=O)[C@@H](C)OC(=O)c2cc(Cl)ccn2)c([N+](=O)[O-])c1. The van der Waals surface area contributed by atoms with E-state index >= 15 is 0 Å². The second kappa shape index (κ2) is 8.26. The van der Waals surface area contributed by atoms with E-state index < -0.39 is 22.9 Å². The second-order valence-corrected chi connectivity index (χ2v) is 5.47. The van der Waals surface area contributed by atoms with E-state index in [2.05, 4.69) is 10.3 Å². The molecule has 1 atom stereocenters. The third-order valence-corrected chi connectivity index (χ3v) is 3.48. The topological polar surface area (TPSA) is 121 Å². The molecule has 0 fully saturated rings. The molecule has 9 nitrogen and oxygen atoms in total. The summed E-state index contributed by atoms with van der Waals surface area (Å²) in [6.45, 7) is 1.33. The van der Waals surface area contributed by atoms with E-state index in [9.17, 15) is 19.7 Å². The summed E-state index contributed by atoms with van der Waals surface area (Å²) in [6, 6.07) is 6.72. The van der Waals surface area contributed by atoms with Crippen LogP contribution in [-0.2, 0) is 9.53 Å². The fourth-order valence-corrected chi connectivity index (χ4v) is 2.08. The van der Waals surface area contributed by atoms with Gasteiger partial charge in [0, 0.05) is 11.2 Å². The van der Waals surface area contributed by atoms with Gasteiger partial charge in [0.05, 0.1) is 18.1 Å². The molecule has 0 aliphatic heterocycles. The van der Waals surface area contributed by atoms with Crippen molar-refractivity contribution >= 4 is 34.9 Å². The van der Waals surface area contributed by atoms with Gasteiger partial charge in [-0.2, -0.15) is 0 Å². The van der Waals surface area contributed by atoms with Crippen LogP contribution in [-0.4, -0.2) is 35.0 Å². The molecule has 1 amide bonds. The van der Waals surface area contributed by atoms with Crippen molar-refractivity contribution in [1.82, 2.24) is 4.98 Å². The number of aromatic nitrogens is 1. The number of methoxy groups -OCH3 is 1. The number of nitrogens with one attached hydrogen (secondary N) is 1. The zero-order chi connectivity index (χ0) is 19.3. The molecule has 1 aromatic carbocycles. The Labute approximate surface area is 153 Å². The molecular formula is C16H14ClN3O6. The molecule has 1 aromatic heterocycles. The molecule has 0 bridgehead atoms. The molecule has 0 saturated heterocycles. The van der Waals surface area contributed by atoms with Gasteiger partial charge in [0.15, 0.2) is 6.10 Å². The maximum Gasteiger partial charge on any atom is 0.357 e. The Kier molecular flexibility index (Phi) is 6.07. The number of benzene rings is 1. The number of carbonyl (C=O) groups excluding carboxylic acids is 2. The molecule has 0 unspecified atom stereocenters. The highest BCUT2D eigenvalue weighted by atomic mass is 35.5. The first-order valence-corrected chi connectivity index (χ1v) is 7.65. The van der Waals surface area contributed by atoms with Crippen LogP contribution in [0.15, 0.2) is 36.5 Å². The lowest BCUT2D eigenvalue weighted by Gasteiger charge is -2.13. The lowest BCUT2D eigenvalue weighted by molar-refractivity contribution is -0.384. The lowest BCUT2D eigenvalue weighted by Crippen LogP contribution is -2.30. The van der Waals surface area contributed by atoms with Crippen molar-refractivity contribution in [3.8, 4) is 5.75 Å².